The molecule has 0 atom stereocenters. The molecule has 2 aromatic carbocycles. The van der Waals surface area contributed by atoms with Crippen LogP contribution >= 0.6 is 0 Å². The van der Waals surface area contributed by atoms with Crippen molar-refractivity contribution in [2.24, 2.45) is 0 Å². The summed E-state index contributed by atoms with van der Waals surface area (Å²) in [5.41, 5.74) is 3.71. The zero-order valence-corrected chi connectivity index (χ0v) is 13.1. The molecule has 0 radical (unpaired) electrons. The van der Waals surface area contributed by atoms with Gasteiger partial charge in [0.1, 0.15) is 5.75 Å². The SMILES string of the molecule is CCOC(=O)C=C(c1ccccc1)c1cc(C)ccc1OC. The normalized spacial score (nSPS) is 11.1. The molecule has 0 amide bonds. The van der Waals surface area contributed by atoms with E-state index in [9.17, 15) is 4.79 Å². The molecule has 0 bridgehead atoms. The van der Waals surface area contributed by atoms with Crippen LogP contribution in [0.5, 0.6) is 5.75 Å². The van der Waals surface area contributed by atoms with Gasteiger partial charge < -0.3 is 9.47 Å². The first-order chi connectivity index (χ1) is 10.7. The number of esters is 1. The summed E-state index contributed by atoms with van der Waals surface area (Å²) in [6.45, 7) is 4.15. The van der Waals surface area contributed by atoms with Crippen LogP contribution in [0.3, 0.4) is 0 Å². The molecule has 0 saturated heterocycles. The third-order valence-electron chi connectivity index (χ3n) is 3.28. The largest absolute Gasteiger partial charge is 0.496 e. The summed E-state index contributed by atoms with van der Waals surface area (Å²) in [4.78, 5) is 11.9. The van der Waals surface area contributed by atoms with E-state index in [1.807, 2.05) is 55.5 Å². The van der Waals surface area contributed by atoms with Gasteiger partial charge in [-0.15, -0.1) is 0 Å². The third kappa shape index (κ3) is 3.76. The summed E-state index contributed by atoms with van der Waals surface area (Å²) >= 11 is 0. The lowest BCUT2D eigenvalue weighted by Gasteiger charge is -2.13. The summed E-state index contributed by atoms with van der Waals surface area (Å²) in [5, 5.41) is 0. The molecular formula is C19H20O3. The molecule has 22 heavy (non-hydrogen) atoms. The number of benzene rings is 2. The van der Waals surface area contributed by atoms with Gasteiger partial charge in [-0.25, -0.2) is 4.79 Å². The van der Waals surface area contributed by atoms with Crippen LogP contribution in [0.4, 0.5) is 0 Å². The Morgan fingerprint density at radius 1 is 1.14 bits per heavy atom. The Labute approximate surface area is 131 Å². The van der Waals surface area contributed by atoms with Crippen molar-refractivity contribution < 1.29 is 14.3 Å². The van der Waals surface area contributed by atoms with Crippen LogP contribution in [0, 0.1) is 6.92 Å². The van der Waals surface area contributed by atoms with Crippen molar-refractivity contribution in [3.8, 4) is 5.75 Å². The highest BCUT2D eigenvalue weighted by Gasteiger charge is 2.13. The van der Waals surface area contributed by atoms with Crippen LogP contribution in [-0.4, -0.2) is 19.7 Å². The van der Waals surface area contributed by atoms with Gasteiger partial charge in [0.05, 0.1) is 13.7 Å². The summed E-state index contributed by atoms with van der Waals surface area (Å²) in [5.74, 6) is 0.370. The first-order valence-electron chi connectivity index (χ1n) is 7.24. The first-order valence-corrected chi connectivity index (χ1v) is 7.24. The molecule has 0 spiro atoms. The number of rotatable bonds is 5. The average Bonchev–Trinajstić information content (AvgIpc) is 2.53. The van der Waals surface area contributed by atoms with Crippen molar-refractivity contribution in [2.75, 3.05) is 13.7 Å². The van der Waals surface area contributed by atoms with Gasteiger partial charge in [0.15, 0.2) is 0 Å². The molecule has 0 heterocycles. The fraction of sp³-hybridized carbons (Fsp3) is 0.211. The highest BCUT2D eigenvalue weighted by molar-refractivity contribution is 5.97. The van der Waals surface area contributed by atoms with Gasteiger partial charge >= 0.3 is 5.97 Å². The average molecular weight is 296 g/mol. The molecule has 2 aromatic rings. The predicted octanol–water partition coefficient (Wildman–Crippen LogP) is 4.00. The molecule has 0 N–H and O–H groups in total. The maximum Gasteiger partial charge on any atom is 0.331 e. The number of carbonyl (C=O) groups is 1. The van der Waals surface area contributed by atoms with E-state index in [1.165, 1.54) is 6.08 Å². The number of ether oxygens (including phenoxy) is 2. The molecule has 3 nitrogen and oxygen atoms in total. The van der Waals surface area contributed by atoms with Gasteiger partial charge in [-0.2, -0.15) is 0 Å². The second kappa shape index (κ2) is 7.46. The van der Waals surface area contributed by atoms with Crippen molar-refractivity contribution >= 4 is 11.5 Å². The topological polar surface area (TPSA) is 35.5 Å². The minimum absolute atomic E-state index is 0.350. The first kappa shape index (κ1) is 15.8. The van der Waals surface area contributed by atoms with Gasteiger partial charge in [0.25, 0.3) is 0 Å². The van der Waals surface area contributed by atoms with Crippen LogP contribution in [0.2, 0.25) is 0 Å². The maximum absolute atomic E-state index is 11.9. The summed E-state index contributed by atoms with van der Waals surface area (Å²) < 4.78 is 10.5. The predicted molar refractivity (Wildman–Crippen MR) is 87.9 cm³/mol. The molecule has 114 valence electrons. The van der Waals surface area contributed by atoms with Gasteiger partial charge in [0.2, 0.25) is 0 Å². The highest BCUT2D eigenvalue weighted by Crippen LogP contribution is 2.32. The third-order valence-corrected chi connectivity index (χ3v) is 3.28. The monoisotopic (exact) mass is 296 g/mol. The van der Waals surface area contributed by atoms with E-state index in [0.29, 0.717) is 6.61 Å². The van der Waals surface area contributed by atoms with Gasteiger partial charge in [-0.1, -0.05) is 42.0 Å². The number of hydrogen-bond donors (Lipinski definition) is 0. The summed E-state index contributed by atoms with van der Waals surface area (Å²) in [6, 6.07) is 15.7. The number of methoxy groups -OCH3 is 1. The zero-order chi connectivity index (χ0) is 15.9. The fourth-order valence-corrected chi connectivity index (χ4v) is 2.27. The van der Waals surface area contributed by atoms with Crippen molar-refractivity contribution in [3.05, 3.63) is 71.3 Å². The Morgan fingerprint density at radius 3 is 2.50 bits per heavy atom. The Kier molecular flexibility index (Phi) is 5.37. The Bertz CT molecular complexity index is 672. The van der Waals surface area contributed by atoms with Gasteiger partial charge in [-0.05, 0) is 37.1 Å². The Morgan fingerprint density at radius 2 is 1.86 bits per heavy atom. The van der Waals surface area contributed by atoms with E-state index >= 15 is 0 Å². The minimum Gasteiger partial charge on any atom is -0.496 e. The molecule has 2 rings (SSSR count). The highest BCUT2D eigenvalue weighted by atomic mass is 16.5. The van der Waals surface area contributed by atoms with E-state index in [4.69, 9.17) is 9.47 Å². The fourth-order valence-electron chi connectivity index (χ4n) is 2.27. The molecule has 3 heteroatoms. The van der Waals surface area contributed by atoms with Crippen molar-refractivity contribution in [1.82, 2.24) is 0 Å². The zero-order valence-electron chi connectivity index (χ0n) is 13.1. The lowest BCUT2D eigenvalue weighted by molar-refractivity contribution is -0.137. The van der Waals surface area contributed by atoms with Crippen LogP contribution in [-0.2, 0) is 9.53 Å². The second-order valence-electron chi connectivity index (χ2n) is 4.88. The van der Waals surface area contributed by atoms with E-state index in [1.54, 1.807) is 14.0 Å². The summed E-state index contributed by atoms with van der Waals surface area (Å²) in [7, 11) is 1.63. The van der Waals surface area contributed by atoms with Crippen molar-refractivity contribution in [3.63, 3.8) is 0 Å². The molecule has 0 aliphatic rings. The summed E-state index contributed by atoms with van der Waals surface area (Å²) in [6.07, 6.45) is 1.52. The second-order valence-corrected chi connectivity index (χ2v) is 4.88. The van der Waals surface area contributed by atoms with Gasteiger partial charge in [0, 0.05) is 11.6 Å². The quantitative estimate of drug-likeness (QED) is 0.618. The Balaban J connectivity index is 2.59. The van der Waals surface area contributed by atoms with E-state index in [-0.39, 0.29) is 5.97 Å². The van der Waals surface area contributed by atoms with Crippen LogP contribution in [0.1, 0.15) is 23.6 Å². The van der Waals surface area contributed by atoms with Gasteiger partial charge in [-0.3, -0.25) is 0 Å². The Hall–Kier alpha value is -2.55. The molecule has 0 saturated carbocycles. The number of hydrogen-bond acceptors (Lipinski definition) is 3. The number of carbonyl (C=O) groups excluding carboxylic acids is 1. The molecule has 0 aliphatic carbocycles. The maximum atomic E-state index is 11.9. The van der Waals surface area contributed by atoms with Crippen LogP contribution < -0.4 is 4.74 Å². The lowest BCUT2D eigenvalue weighted by atomic mass is 9.95. The minimum atomic E-state index is -0.357. The van der Waals surface area contributed by atoms with Crippen molar-refractivity contribution in [1.29, 1.82) is 0 Å². The molecular weight excluding hydrogens is 276 g/mol. The smallest absolute Gasteiger partial charge is 0.331 e. The molecule has 0 aromatic heterocycles. The molecule has 0 fully saturated rings. The standard InChI is InChI=1S/C19H20O3/c1-4-22-19(20)13-16(15-8-6-5-7-9-15)17-12-14(2)10-11-18(17)21-3/h5-13H,4H2,1-3H3. The molecule has 0 unspecified atom stereocenters. The number of aryl methyl sites for hydroxylation is 1. The van der Waals surface area contributed by atoms with Crippen LogP contribution in [0.15, 0.2) is 54.6 Å². The van der Waals surface area contributed by atoms with E-state index in [2.05, 4.69) is 0 Å². The molecule has 0 aliphatic heterocycles. The van der Waals surface area contributed by atoms with E-state index in [0.717, 1.165) is 28.0 Å². The van der Waals surface area contributed by atoms with Crippen molar-refractivity contribution in [2.45, 2.75) is 13.8 Å². The lowest BCUT2D eigenvalue weighted by Crippen LogP contribution is -2.03. The van der Waals surface area contributed by atoms with E-state index < -0.39 is 0 Å². The van der Waals surface area contributed by atoms with Crippen LogP contribution in [0.25, 0.3) is 5.57 Å².